The second-order valence-electron chi connectivity index (χ2n) is 2.90. The van der Waals surface area contributed by atoms with E-state index in [0.29, 0.717) is 22.9 Å². The van der Waals surface area contributed by atoms with Gasteiger partial charge in [0.15, 0.2) is 0 Å². The van der Waals surface area contributed by atoms with Gasteiger partial charge in [-0.15, -0.1) is 0 Å². The van der Waals surface area contributed by atoms with E-state index in [2.05, 4.69) is 0 Å². The van der Waals surface area contributed by atoms with Gasteiger partial charge in [0, 0.05) is 0 Å². The van der Waals surface area contributed by atoms with Gasteiger partial charge >= 0.3 is 0 Å². The van der Waals surface area contributed by atoms with E-state index < -0.39 is 0 Å². The second-order valence-corrected chi connectivity index (χ2v) is 3.31. The lowest BCUT2D eigenvalue weighted by atomic mass is 10.1. The Morgan fingerprint density at radius 3 is 2.62 bits per heavy atom. The van der Waals surface area contributed by atoms with Crippen LogP contribution in [0.5, 0.6) is 5.75 Å². The largest absolute Gasteiger partial charge is 0.492 e. The fourth-order valence-electron chi connectivity index (χ4n) is 1.14. The Morgan fingerprint density at radius 1 is 1.44 bits per heavy atom. The van der Waals surface area contributed by atoms with Gasteiger partial charge in [0.1, 0.15) is 23.5 Å². The first-order valence-corrected chi connectivity index (χ1v) is 5.03. The lowest BCUT2D eigenvalue weighted by molar-refractivity contribution is 0.340. The van der Waals surface area contributed by atoms with Crippen molar-refractivity contribution in [3.05, 3.63) is 34.4 Å². The number of hydrogen-bond acceptors (Lipinski definition) is 3. The molecular formula is C12H9ClN2O. The summed E-state index contributed by atoms with van der Waals surface area (Å²) in [5.74, 6) is 0.594. The van der Waals surface area contributed by atoms with Gasteiger partial charge in [-0.25, -0.2) is 0 Å². The average Bonchev–Trinajstić information content (AvgIpc) is 2.29. The van der Waals surface area contributed by atoms with E-state index in [1.807, 2.05) is 6.92 Å². The van der Waals surface area contributed by atoms with Crippen LogP contribution in [0, 0.1) is 22.7 Å². The van der Waals surface area contributed by atoms with Crippen LogP contribution >= 0.6 is 11.6 Å². The first kappa shape index (κ1) is 12.1. The molecule has 0 aliphatic heterocycles. The highest BCUT2D eigenvalue weighted by atomic mass is 35.5. The summed E-state index contributed by atoms with van der Waals surface area (Å²) in [7, 11) is 0. The van der Waals surface area contributed by atoms with E-state index in [9.17, 15) is 0 Å². The number of nitrogens with zero attached hydrogens (tertiary/aromatic N) is 2. The van der Waals surface area contributed by atoms with Crippen molar-refractivity contribution in [1.82, 2.24) is 0 Å². The molecule has 1 aromatic carbocycles. The number of halogens is 1. The number of allylic oxidation sites excluding steroid dienone is 1. The molecule has 80 valence electrons. The van der Waals surface area contributed by atoms with E-state index in [4.69, 9.17) is 26.9 Å². The van der Waals surface area contributed by atoms with E-state index in [-0.39, 0.29) is 5.57 Å². The zero-order valence-corrected chi connectivity index (χ0v) is 9.45. The first-order chi connectivity index (χ1) is 7.71. The SMILES string of the molecule is CCOc1ccc(C=C(C#N)C#N)cc1Cl. The summed E-state index contributed by atoms with van der Waals surface area (Å²) < 4.78 is 5.27. The maximum Gasteiger partial charge on any atom is 0.137 e. The Bertz CT molecular complexity index is 479. The monoisotopic (exact) mass is 232 g/mol. The van der Waals surface area contributed by atoms with Gasteiger partial charge in [-0.1, -0.05) is 17.7 Å². The normalized spacial score (nSPS) is 8.75. The zero-order valence-electron chi connectivity index (χ0n) is 8.70. The third-order valence-electron chi connectivity index (χ3n) is 1.81. The van der Waals surface area contributed by atoms with Crippen LogP contribution < -0.4 is 4.74 Å². The summed E-state index contributed by atoms with van der Waals surface area (Å²) in [5.41, 5.74) is 0.742. The maximum absolute atomic E-state index is 8.60. The molecule has 0 radical (unpaired) electrons. The van der Waals surface area contributed by atoms with E-state index >= 15 is 0 Å². The number of benzene rings is 1. The molecular weight excluding hydrogens is 224 g/mol. The van der Waals surface area contributed by atoms with Crippen LogP contribution in [0.4, 0.5) is 0 Å². The molecule has 0 amide bonds. The van der Waals surface area contributed by atoms with Crippen LogP contribution in [0.25, 0.3) is 6.08 Å². The van der Waals surface area contributed by atoms with Crippen molar-refractivity contribution >= 4 is 17.7 Å². The van der Waals surface area contributed by atoms with Gasteiger partial charge < -0.3 is 4.74 Å². The molecule has 0 N–H and O–H groups in total. The Labute approximate surface area is 99.1 Å². The fraction of sp³-hybridized carbons (Fsp3) is 0.167. The van der Waals surface area contributed by atoms with Gasteiger partial charge in [0.25, 0.3) is 0 Å². The minimum Gasteiger partial charge on any atom is -0.492 e. The Morgan fingerprint density at radius 2 is 2.12 bits per heavy atom. The van der Waals surface area contributed by atoms with Crippen molar-refractivity contribution in [3.8, 4) is 17.9 Å². The van der Waals surface area contributed by atoms with E-state index in [0.717, 1.165) is 0 Å². The number of nitriles is 2. The van der Waals surface area contributed by atoms with E-state index in [1.165, 1.54) is 6.08 Å². The Hall–Kier alpha value is -1.97. The van der Waals surface area contributed by atoms with Crippen molar-refractivity contribution in [2.75, 3.05) is 6.61 Å². The maximum atomic E-state index is 8.60. The van der Waals surface area contributed by atoms with Crippen LogP contribution in [0.2, 0.25) is 5.02 Å². The minimum absolute atomic E-state index is 0.0419. The fourth-order valence-corrected chi connectivity index (χ4v) is 1.38. The van der Waals surface area contributed by atoms with Crippen molar-refractivity contribution in [3.63, 3.8) is 0 Å². The standard InChI is InChI=1S/C12H9ClN2O/c1-2-16-12-4-3-9(6-11(12)13)5-10(7-14)8-15/h3-6H,2H2,1H3. The molecule has 0 spiro atoms. The Balaban J connectivity index is 3.04. The predicted molar refractivity (Wildman–Crippen MR) is 61.8 cm³/mol. The van der Waals surface area contributed by atoms with Crippen LogP contribution in [-0.2, 0) is 0 Å². The van der Waals surface area contributed by atoms with Crippen molar-refractivity contribution < 1.29 is 4.74 Å². The second kappa shape index (κ2) is 5.80. The highest BCUT2D eigenvalue weighted by Crippen LogP contribution is 2.26. The lowest BCUT2D eigenvalue weighted by Gasteiger charge is -2.05. The molecule has 0 unspecified atom stereocenters. The predicted octanol–water partition coefficient (Wildman–Crippen LogP) is 3.17. The van der Waals surface area contributed by atoms with Crippen molar-refractivity contribution in [1.29, 1.82) is 10.5 Å². The molecule has 0 aliphatic rings. The van der Waals surface area contributed by atoms with Gasteiger partial charge in [-0.3, -0.25) is 0 Å². The summed E-state index contributed by atoms with van der Waals surface area (Å²) in [6, 6.07) is 8.68. The van der Waals surface area contributed by atoms with E-state index in [1.54, 1.807) is 30.3 Å². The average molecular weight is 233 g/mol. The molecule has 0 saturated heterocycles. The molecule has 3 nitrogen and oxygen atoms in total. The molecule has 4 heteroatoms. The van der Waals surface area contributed by atoms with Crippen LogP contribution in [0.15, 0.2) is 23.8 Å². The van der Waals surface area contributed by atoms with Gasteiger partial charge in [-0.05, 0) is 30.7 Å². The van der Waals surface area contributed by atoms with Crippen molar-refractivity contribution in [2.45, 2.75) is 6.92 Å². The van der Waals surface area contributed by atoms with Crippen LogP contribution in [0.3, 0.4) is 0 Å². The van der Waals surface area contributed by atoms with Gasteiger partial charge in [0.2, 0.25) is 0 Å². The number of hydrogen-bond donors (Lipinski definition) is 0. The van der Waals surface area contributed by atoms with Crippen LogP contribution in [0.1, 0.15) is 12.5 Å². The molecule has 0 aromatic heterocycles. The third kappa shape index (κ3) is 3.02. The highest BCUT2D eigenvalue weighted by molar-refractivity contribution is 6.32. The van der Waals surface area contributed by atoms with Gasteiger partial charge in [0.05, 0.1) is 11.6 Å². The summed E-state index contributed by atoms with van der Waals surface area (Å²) in [6.07, 6.45) is 1.47. The lowest BCUT2D eigenvalue weighted by Crippen LogP contribution is -1.92. The zero-order chi connectivity index (χ0) is 12.0. The molecule has 0 bridgehead atoms. The number of rotatable bonds is 3. The molecule has 0 atom stereocenters. The summed E-state index contributed by atoms with van der Waals surface area (Å²) in [6.45, 7) is 2.41. The van der Waals surface area contributed by atoms with Gasteiger partial charge in [-0.2, -0.15) is 10.5 Å². The molecule has 0 heterocycles. The molecule has 16 heavy (non-hydrogen) atoms. The molecule has 0 aliphatic carbocycles. The van der Waals surface area contributed by atoms with Crippen molar-refractivity contribution in [2.24, 2.45) is 0 Å². The van der Waals surface area contributed by atoms with Crippen LogP contribution in [-0.4, -0.2) is 6.61 Å². The minimum atomic E-state index is 0.0419. The Kier molecular flexibility index (Phi) is 4.39. The third-order valence-corrected chi connectivity index (χ3v) is 2.10. The first-order valence-electron chi connectivity index (χ1n) is 4.65. The smallest absolute Gasteiger partial charge is 0.137 e. The topological polar surface area (TPSA) is 56.8 Å². The molecule has 1 aromatic rings. The molecule has 0 fully saturated rings. The molecule has 0 saturated carbocycles. The quantitative estimate of drug-likeness (QED) is 0.752. The summed E-state index contributed by atoms with van der Waals surface area (Å²) >= 11 is 5.96. The number of ether oxygens (including phenoxy) is 1. The summed E-state index contributed by atoms with van der Waals surface area (Å²) in [4.78, 5) is 0. The summed E-state index contributed by atoms with van der Waals surface area (Å²) in [5, 5.41) is 17.7. The molecule has 1 rings (SSSR count). The highest BCUT2D eigenvalue weighted by Gasteiger charge is 2.02.